The number of ketones is 1. The number of nitriles is 1. The van der Waals surface area contributed by atoms with Crippen molar-refractivity contribution in [2.24, 2.45) is 0 Å². The maximum Gasteiger partial charge on any atom is 0.327 e. The smallest absolute Gasteiger partial charge is 0.327 e. The number of benzene rings is 4. The van der Waals surface area contributed by atoms with Gasteiger partial charge in [-0.3, -0.25) is 13.9 Å². The third kappa shape index (κ3) is 7.29. The minimum absolute atomic E-state index is 0.117. The van der Waals surface area contributed by atoms with E-state index in [1.54, 1.807) is 69.3 Å². The highest BCUT2D eigenvalue weighted by Crippen LogP contribution is 2.34. The molecular weight excluding hydrogens is 595 g/mol. The number of fused-ring (bicyclic) bond motifs is 1. The van der Waals surface area contributed by atoms with Gasteiger partial charge in [0.25, 0.3) is 10.0 Å². The average molecular weight is 624 g/mol. The molecule has 10 heteroatoms. The number of Topliss-reactive ketones (excluding diaryl/α,β-unsaturated/α-hetero) is 1. The number of sulfonamides is 1. The van der Waals surface area contributed by atoms with E-state index in [4.69, 9.17) is 33.2 Å². The molecule has 0 unspecified atom stereocenters. The number of aryl methyl sites for hydroxylation is 1. The topological polar surface area (TPSA) is 105 Å². The van der Waals surface area contributed by atoms with E-state index in [9.17, 15) is 18.0 Å². The molecule has 0 saturated heterocycles. The third-order valence-electron chi connectivity index (χ3n) is 6.31. The summed E-state index contributed by atoms with van der Waals surface area (Å²) >= 11 is 12.3. The van der Waals surface area contributed by atoms with Crippen molar-refractivity contribution in [1.82, 2.24) is 0 Å². The van der Waals surface area contributed by atoms with Gasteiger partial charge < -0.3 is 4.74 Å². The van der Waals surface area contributed by atoms with Crippen LogP contribution in [0.2, 0.25) is 10.0 Å². The number of rotatable bonds is 9. The molecule has 0 N–H and O–H groups in total. The lowest BCUT2D eigenvalue weighted by Gasteiger charge is -2.27. The summed E-state index contributed by atoms with van der Waals surface area (Å²) in [5.41, 5.74) is 1.22. The summed E-state index contributed by atoms with van der Waals surface area (Å²) in [6.45, 7) is 4.44. The van der Waals surface area contributed by atoms with Gasteiger partial charge in [-0.15, -0.1) is 0 Å². The summed E-state index contributed by atoms with van der Waals surface area (Å²) in [6, 6.07) is 23.0. The highest BCUT2D eigenvalue weighted by Gasteiger charge is 2.31. The van der Waals surface area contributed by atoms with Gasteiger partial charge in [-0.1, -0.05) is 65.7 Å². The number of carbonyl (C=O) groups is 2. The molecule has 0 aliphatic carbocycles. The summed E-state index contributed by atoms with van der Waals surface area (Å²) in [4.78, 5) is 26.2. The minimum atomic E-state index is -4.37. The van der Waals surface area contributed by atoms with Crippen molar-refractivity contribution in [3.63, 3.8) is 0 Å². The molecule has 216 valence electrons. The summed E-state index contributed by atoms with van der Waals surface area (Å²) in [5.74, 6) is -0.892. The second-order valence-corrected chi connectivity index (χ2v) is 13.3. The Morgan fingerprint density at radius 1 is 0.905 bits per heavy atom. The lowest BCUT2D eigenvalue weighted by atomic mass is 9.96. The van der Waals surface area contributed by atoms with E-state index < -0.39 is 28.1 Å². The zero-order valence-corrected chi connectivity index (χ0v) is 25.6. The van der Waals surface area contributed by atoms with Crippen LogP contribution in [0.3, 0.4) is 0 Å². The van der Waals surface area contributed by atoms with Crippen molar-refractivity contribution in [2.45, 2.75) is 44.1 Å². The predicted molar refractivity (Wildman–Crippen MR) is 165 cm³/mol. The summed E-state index contributed by atoms with van der Waals surface area (Å²) in [6.07, 6.45) is 0.672. The van der Waals surface area contributed by atoms with Gasteiger partial charge in [0.1, 0.15) is 12.1 Å². The van der Waals surface area contributed by atoms with Crippen LogP contribution in [-0.2, 0) is 26.0 Å². The lowest BCUT2D eigenvalue weighted by Crippen LogP contribution is -2.39. The Bertz CT molecular complexity index is 1790. The molecule has 0 radical (unpaired) electrons. The number of anilines is 1. The Labute approximate surface area is 255 Å². The van der Waals surface area contributed by atoms with Crippen LogP contribution in [0, 0.1) is 11.3 Å². The molecule has 4 aromatic rings. The Kier molecular flexibility index (Phi) is 9.27. The van der Waals surface area contributed by atoms with E-state index in [0.29, 0.717) is 28.3 Å². The van der Waals surface area contributed by atoms with Gasteiger partial charge in [0.05, 0.1) is 22.2 Å². The van der Waals surface area contributed by atoms with E-state index in [1.807, 2.05) is 12.1 Å². The molecule has 42 heavy (non-hydrogen) atoms. The monoisotopic (exact) mass is 622 g/mol. The molecule has 0 fully saturated rings. The van der Waals surface area contributed by atoms with Crippen LogP contribution in [0.15, 0.2) is 83.8 Å². The van der Waals surface area contributed by atoms with Crippen LogP contribution in [0.4, 0.5) is 5.69 Å². The van der Waals surface area contributed by atoms with Crippen LogP contribution in [0.5, 0.6) is 0 Å². The third-order valence-corrected chi connectivity index (χ3v) is 8.48. The number of nitrogens with zero attached hydrogens (tertiary/aromatic N) is 2. The molecule has 0 aromatic heterocycles. The van der Waals surface area contributed by atoms with Gasteiger partial charge in [-0.05, 0) is 74.5 Å². The first-order valence-electron chi connectivity index (χ1n) is 13.0. The second-order valence-electron chi connectivity index (χ2n) is 10.6. The normalized spacial score (nSPS) is 11.6. The molecule has 0 heterocycles. The van der Waals surface area contributed by atoms with Crippen LogP contribution in [-0.4, -0.2) is 32.3 Å². The average Bonchev–Trinajstić information content (AvgIpc) is 2.93. The summed E-state index contributed by atoms with van der Waals surface area (Å²) in [5, 5.41) is 10.2. The maximum atomic E-state index is 14.0. The first-order valence-corrected chi connectivity index (χ1v) is 15.2. The van der Waals surface area contributed by atoms with Crippen molar-refractivity contribution in [1.29, 1.82) is 5.26 Å². The number of hydrogen-bond donors (Lipinski definition) is 0. The van der Waals surface area contributed by atoms with Crippen LogP contribution < -0.4 is 4.31 Å². The van der Waals surface area contributed by atoms with Gasteiger partial charge >= 0.3 is 5.97 Å². The van der Waals surface area contributed by atoms with Crippen molar-refractivity contribution >= 4 is 61.4 Å². The first kappa shape index (κ1) is 31.0. The fraction of sp³-hybridized carbons (Fsp3) is 0.219. The Balaban J connectivity index is 1.77. The standard InChI is InChI=1S/C32H28Cl2N2O5S/c1-32(2,3)41-31(38)20-36(42(39,40)25-17-23(33)16-24(34)18-25)29-9-5-6-26-27(29)7-4-8-28(26)30(37)15-14-21-10-12-22(19-35)13-11-21/h4-13,16-18H,14-15,20H2,1-3H3. The molecule has 7 nitrogen and oxygen atoms in total. The molecular formula is C32H28Cl2N2O5S. The van der Waals surface area contributed by atoms with E-state index in [0.717, 1.165) is 9.87 Å². The van der Waals surface area contributed by atoms with Crippen molar-refractivity contribution in [3.8, 4) is 6.07 Å². The molecule has 0 amide bonds. The quantitative estimate of drug-likeness (QED) is 0.142. The number of ether oxygens (including phenoxy) is 1. The Morgan fingerprint density at radius 3 is 2.14 bits per heavy atom. The molecule has 0 spiro atoms. The van der Waals surface area contributed by atoms with E-state index >= 15 is 0 Å². The molecule has 0 saturated carbocycles. The largest absolute Gasteiger partial charge is 0.459 e. The molecule has 0 atom stereocenters. The maximum absolute atomic E-state index is 14.0. The number of hydrogen-bond acceptors (Lipinski definition) is 6. The van der Waals surface area contributed by atoms with Gasteiger partial charge in [-0.2, -0.15) is 5.26 Å². The molecule has 0 aliphatic rings. The van der Waals surface area contributed by atoms with Gasteiger partial charge in [0, 0.05) is 27.4 Å². The van der Waals surface area contributed by atoms with Gasteiger partial charge in [0.2, 0.25) is 0 Å². The van der Waals surface area contributed by atoms with Crippen LogP contribution >= 0.6 is 23.2 Å². The van der Waals surface area contributed by atoms with Crippen molar-refractivity contribution < 1.29 is 22.7 Å². The number of carbonyl (C=O) groups excluding carboxylic acids is 2. The highest BCUT2D eigenvalue weighted by atomic mass is 35.5. The van der Waals surface area contributed by atoms with E-state index in [2.05, 4.69) is 6.07 Å². The fourth-order valence-electron chi connectivity index (χ4n) is 4.49. The molecule has 0 aliphatic heterocycles. The lowest BCUT2D eigenvalue weighted by molar-refractivity contribution is -0.152. The van der Waals surface area contributed by atoms with Crippen LogP contribution in [0.25, 0.3) is 10.8 Å². The summed E-state index contributed by atoms with van der Waals surface area (Å²) in [7, 11) is -4.37. The SMILES string of the molecule is CC(C)(C)OC(=O)CN(c1cccc2c(C(=O)CCc3ccc(C#N)cc3)cccc12)S(=O)(=O)c1cc(Cl)cc(Cl)c1. The zero-order chi connectivity index (χ0) is 30.7. The Morgan fingerprint density at radius 2 is 1.52 bits per heavy atom. The van der Waals surface area contributed by atoms with E-state index in [1.165, 1.54) is 18.2 Å². The van der Waals surface area contributed by atoms with Crippen molar-refractivity contribution in [2.75, 3.05) is 10.8 Å². The van der Waals surface area contributed by atoms with Crippen molar-refractivity contribution in [3.05, 3.63) is 106 Å². The second kappa shape index (κ2) is 12.5. The van der Waals surface area contributed by atoms with Gasteiger partial charge in [-0.25, -0.2) is 8.42 Å². The fourth-order valence-corrected chi connectivity index (χ4v) is 6.64. The minimum Gasteiger partial charge on any atom is -0.459 e. The highest BCUT2D eigenvalue weighted by molar-refractivity contribution is 7.93. The predicted octanol–water partition coefficient (Wildman–Crippen LogP) is 7.37. The van der Waals surface area contributed by atoms with Gasteiger partial charge in [0.15, 0.2) is 5.78 Å². The Hall–Kier alpha value is -3.90. The first-order chi connectivity index (χ1) is 19.8. The summed E-state index contributed by atoms with van der Waals surface area (Å²) < 4.78 is 34.5. The van der Waals surface area contributed by atoms with E-state index in [-0.39, 0.29) is 32.8 Å². The molecule has 4 rings (SSSR count). The number of halogens is 2. The number of esters is 1. The molecule has 0 bridgehead atoms. The zero-order valence-electron chi connectivity index (χ0n) is 23.2. The van der Waals surface area contributed by atoms with Crippen LogP contribution in [0.1, 0.15) is 48.7 Å². The molecule has 4 aromatic carbocycles.